The van der Waals surface area contributed by atoms with Crippen LogP contribution in [0.4, 0.5) is 5.69 Å². The van der Waals surface area contributed by atoms with Gasteiger partial charge in [0, 0.05) is 73.5 Å². The first-order chi connectivity index (χ1) is 18.0. The topological polar surface area (TPSA) is 88.6 Å². The largest absolute Gasteiger partial charge is 0.367 e. The van der Waals surface area contributed by atoms with Crippen molar-refractivity contribution in [3.8, 4) is 6.07 Å². The lowest BCUT2D eigenvalue weighted by Crippen LogP contribution is -2.51. The summed E-state index contributed by atoms with van der Waals surface area (Å²) in [4.78, 5) is 9.58. The van der Waals surface area contributed by atoms with Crippen LogP contribution in [0.2, 0.25) is 0 Å². The molecule has 0 unspecified atom stereocenters. The highest BCUT2D eigenvalue weighted by Gasteiger charge is 2.30. The minimum atomic E-state index is -1.49. The van der Waals surface area contributed by atoms with E-state index in [1.165, 1.54) is 42.1 Å². The highest BCUT2D eigenvalue weighted by Crippen LogP contribution is 2.39. The summed E-state index contributed by atoms with van der Waals surface area (Å²) in [6, 6.07) is 16.5. The van der Waals surface area contributed by atoms with Gasteiger partial charge in [0.05, 0.1) is 22.8 Å². The molecule has 2 aromatic heterocycles. The van der Waals surface area contributed by atoms with Gasteiger partial charge in [-0.1, -0.05) is 6.07 Å². The van der Waals surface area contributed by atoms with Crippen molar-refractivity contribution in [1.29, 1.82) is 5.26 Å². The molecule has 2 fully saturated rings. The third-order valence-corrected chi connectivity index (χ3v) is 8.46. The van der Waals surface area contributed by atoms with Crippen LogP contribution in [-0.4, -0.2) is 56.9 Å². The molecule has 1 aliphatic carbocycles. The van der Waals surface area contributed by atoms with E-state index >= 15 is 0 Å². The molecule has 0 amide bonds. The number of piperazine rings is 1. The molecule has 37 heavy (non-hydrogen) atoms. The second-order valence-corrected chi connectivity index (χ2v) is 10.6. The van der Waals surface area contributed by atoms with Gasteiger partial charge in [-0.2, -0.15) is 5.26 Å². The molecule has 190 valence electrons. The van der Waals surface area contributed by atoms with E-state index in [1.54, 1.807) is 6.20 Å². The van der Waals surface area contributed by atoms with E-state index in [1.807, 2.05) is 30.3 Å². The van der Waals surface area contributed by atoms with E-state index in [-0.39, 0.29) is 0 Å². The van der Waals surface area contributed by atoms with E-state index in [0.717, 1.165) is 48.3 Å². The molecule has 1 saturated carbocycles. The first-order valence-electron chi connectivity index (χ1n) is 13.2. The van der Waals surface area contributed by atoms with E-state index < -0.39 is 6.29 Å². The number of anilines is 1. The number of aromatic nitrogens is 2. The number of nitrogens with zero attached hydrogens (tertiary/aromatic N) is 5. The summed E-state index contributed by atoms with van der Waals surface area (Å²) >= 11 is 0. The Bertz CT molecular complexity index is 1470. The summed E-state index contributed by atoms with van der Waals surface area (Å²) in [5.41, 5.74) is 5.73. The Balaban J connectivity index is 1.13. The van der Waals surface area contributed by atoms with Crippen LogP contribution in [0.5, 0.6) is 0 Å². The average molecular weight is 496 g/mol. The van der Waals surface area contributed by atoms with Gasteiger partial charge < -0.3 is 19.7 Å². The van der Waals surface area contributed by atoms with Gasteiger partial charge in [0.25, 0.3) is 0 Å². The molecule has 7 heteroatoms. The number of hydrogen-bond donors (Lipinski definition) is 2. The second kappa shape index (κ2) is 9.79. The van der Waals surface area contributed by atoms with Gasteiger partial charge in [0.1, 0.15) is 0 Å². The summed E-state index contributed by atoms with van der Waals surface area (Å²) < 4.78 is 2.19. The van der Waals surface area contributed by atoms with Crippen LogP contribution in [0.25, 0.3) is 21.8 Å². The third-order valence-electron chi connectivity index (χ3n) is 8.46. The minimum absolute atomic E-state index is 0.506. The Hall–Kier alpha value is -3.44. The second-order valence-electron chi connectivity index (χ2n) is 10.6. The number of aliphatic hydroxyl groups excluding tert-OH is 1. The van der Waals surface area contributed by atoms with Crippen molar-refractivity contribution in [2.45, 2.75) is 43.9 Å². The SMILES string of the molecule is Cn1cc(C2CCC(N3CCN(c4cc(C(O)O)cc5cccnc45)CC3)CC2)c2cc(C#N)ccc21. The number of pyridine rings is 1. The summed E-state index contributed by atoms with van der Waals surface area (Å²) in [7, 11) is 2.10. The van der Waals surface area contributed by atoms with Gasteiger partial charge in [-0.05, 0) is 73.6 Å². The molecule has 6 rings (SSSR count). The van der Waals surface area contributed by atoms with Crippen LogP contribution in [0.1, 0.15) is 54.6 Å². The molecule has 3 heterocycles. The highest BCUT2D eigenvalue weighted by atomic mass is 16.5. The average Bonchev–Trinajstić information content (AvgIpc) is 3.28. The highest BCUT2D eigenvalue weighted by molar-refractivity contribution is 5.91. The predicted octanol–water partition coefficient (Wildman–Crippen LogP) is 4.43. The number of rotatable bonds is 4. The Morgan fingerprint density at radius 2 is 1.78 bits per heavy atom. The molecular weight excluding hydrogens is 462 g/mol. The van der Waals surface area contributed by atoms with Gasteiger partial charge in [0.2, 0.25) is 0 Å². The zero-order chi connectivity index (χ0) is 25.5. The lowest BCUT2D eigenvalue weighted by Gasteiger charge is -2.43. The van der Waals surface area contributed by atoms with Crippen molar-refractivity contribution in [2.75, 3.05) is 31.1 Å². The van der Waals surface area contributed by atoms with Crippen LogP contribution in [0.15, 0.2) is 54.9 Å². The quantitative estimate of drug-likeness (QED) is 0.407. The maximum Gasteiger partial charge on any atom is 0.178 e. The van der Waals surface area contributed by atoms with Gasteiger partial charge in [-0.25, -0.2) is 0 Å². The van der Waals surface area contributed by atoms with Crippen molar-refractivity contribution in [1.82, 2.24) is 14.5 Å². The minimum Gasteiger partial charge on any atom is -0.367 e. The lowest BCUT2D eigenvalue weighted by atomic mass is 9.81. The smallest absolute Gasteiger partial charge is 0.178 e. The lowest BCUT2D eigenvalue weighted by molar-refractivity contribution is -0.0423. The predicted molar refractivity (Wildman–Crippen MR) is 145 cm³/mol. The number of benzene rings is 2. The van der Waals surface area contributed by atoms with E-state index in [0.29, 0.717) is 17.5 Å². The molecular formula is C30H33N5O2. The fraction of sp³-hybridized carbons (Fsp3) is 0.400. The first kappa shape index (κ1) is 23.9. The normalized spacial score (nSPS) is 21.1. The molecule has 2 N–H and O–H groups in total. The van der Waals surface area contributed by atoms with Gasteiger partial charge in [-0.3, -0.25) is 9.88 Å². The van der Waals surface area contributed by atoms with E-state index in [9.17, 15) is 15.5 Å². The van der Waals surface area contributed by atoms with Gasteiger partial charge in [0.15, 0.2) is 6.29 Å². The third kappa shape index (κ3) is 4.46. The molecule has 7 nitrogen and oxygen atoms in total. The van der Waals surface area contributed by atoms with Crippen molar-refractivity contribution in [2.24, 2.45) is 7.05 Å². The zero-order valence-corrected chi connectivity index (χ0v) is 21.2. The molecule has 0 radical (unpaired) electrons. The Labute approximate surface area is 217 Å². The van der Waals surface area contributed by atoms with E-state index in [2.05, 4.69) is 50.8 Å². The van der Waals surface area contributed by atoms with Crippen LogP contribution in [0, 0.1) is 11.3 Å². The van der Waals surface area contributed by atoms with Crippen LogP contribution in [0.3, 0.4) is 0 Å². The summed E-state index contributed by atoms with van der Waals surface area (Å²) in [5, 5.41) is 31.1. The Morgan fingerprint density at radius 1 is 1.00 bits per heavy atom. The maximum atomic E-state index is 9.80. The molecule has 1 aliphatic heterocycles. The summed E-state index contributed by atoms with van der Waals surface area (Å²) in [5.74, 6) is 0.542. The van der Waals surface area contributed by atoms with E-state index in [4.69, 9.17) is 0 Å². The number of hydrogen-bond acceptors (Lipinski definition) is 6. The van der Waals surface area contributed by atoms with Crippen molar-refractivity contribution in [3.63, 3.8) is 0 Å². The summed E-state index contributed by atoms with van der Waals surface area (Å²) in [6.07, 6.45) is 7.30. The van der Waals surface area contributed by atoms with Crippen molar-refractivity contribution in [3.05, 3.63) is 71.5 Å². The number of aryl methyl sites for hydroxylation is 1. The Morgan fingerprint density at radius 3 is 2.51 bits per heavy atom. The summed E-state index contributed by atoms with van der Waals surface area (Å²) in [6.45, 7) is 3.79. The first-order valence-corrected chi connectivity index (χ1v) is 13.2. The molecule has 0 bridgehead atoms. The van der Waals surface area contributed by atoms with Crippen LogP contribution >= 0.6 is 0 Å². The zero-order valence-electron chi connectivity index (χ0n) is 21.2. The van der Waals surface area contributed by atoms with Crippen LogP contribution in [-0.2, 0) is 7.05 Å². The molecule has 2 aliphatic rings. The van der Waals surface area contributed by atoms with Crippen molar-refractivity contribution < 1.29 is 10.2 Å². The standard InChI is InChI=1S/C30H33N5O2/c1-33-19-26(25-15-20(18-31)4-9-27(25)33)21-5-7-24(8-6-21)34-11-13-35(14-12-34)28-17-23(30(36)37)16-22-3-2-10-32-29(22)28/h2-4,9-10,15-17,19,21,24,30,36-37H,5-8,11-14H2,1H3. The van der Waals surface area contributed by atoms with Gasteiger partial charge in [-0.15, -0.1) is 0 Å². The Kier molecular flexibility index (Phi) is 6.33. The van der Waals surface area contributed by atoms with Crippen molar-refractivity contribution >= 4 is 27.5 Å². The molecule has 4 aromatic rings. The maximum absolute atomic E-state index is 9.80. The molecule has 0 spiro atoms. The fourth-order valence-electron chi connectivity index (χ4n) is 6.48. The molecule has 0 atom stereocenters. The van der Waals surface area contributed by atoms with Gasteiger partial charge >= 0.3 is 0 Å². The fourth-order valence-corrected chi connectivity index (χ4v) is 6.48. The number of aliphatic hydroxyl groups is 2. The monoisotopic (exact) mass is 495 g/mol. The van der Waals surface area contributed by atoms with Crippen LogP contribution < -0.4 is 4.90 Å². The number of fused-ring (bicyclic) bond motifs is 2. The molecule has 2 aromatic carbocycles. The number of nitriles is 1. The molecule has 1 saturated heterocycles.